The highest BCUT2D eigenvalue weighted by molar-refractivity contribution is 6.23. The summed E-state index contributed by atoms with van der Waals surface area (Å²) in [6.07, 6.45) is 0. The Morgan fingerprint density at radius 3 is 1.68 bits per heavy atom. The summed E-state index contributed by atoms with van der Waals surface area (Å²) in [6, 6.07) is 58.1. The lowest BCUT2D eigenvalue weighted by Gasteiger charge is -2.22. The van der Waals surface area contributed by atoms with E-state index >= 15 is 0 Å². The summed E-state index contributed by atoms with van der Waals surface area (Å²) in [5, 5.41) is 12.4. The van der Waals surface area contributed by atoms with Crippen molar-refractivity contribution >= 4 is 76.1 Å². The zero-order valence-corrected chi connectivity index (χ0v) is 29.4. The molecule has 0 saturated carbocycles. The van der Waals surface area contributed by atoms with E-state index in [-0.39, 0.29) is 5.41 Å². The van der Waals surface area contributed by atoms with Crippen LogP contribution in [0.15, 0.2) is 162 Å². The van der Waals surface area contributed by atoms with Crippen molar-refractivity contribution in [3.63, 3.8) is 0 Å². The molecule has 248 valence electrons. The molecule has 2 aromatic heterocycles. The Morgan fingerprint density at radius 1 is 0.415 bits per heavy atom. The van der Waals surface area contributed by atoms with E-state index in [9.17, 15) is 0 Å². The Bertz CT molecular complexity index is 3320. The molecule has 0 radical (unpaired) electrons. The van der Waals surface area contributed by atoms with Crippen LogP contribution in [-0.2, 0) is 5.41 Å². The molecule has 12 rings (SSSR count). The largest absolute Gasteiger partial charge is 0.456 e. The summed E-state index contributed by atoms with van der Waals surface area (Å²) in [7, 11) is 0. The molecule has 2 heterocycles. The van der Waals surface area contributed by atoms with Gasteiger partial charge in [-0.3, -0.25) is 0 Å². The van der Waals surface area contributed by atoms with E-state index in [4.69, 9.17) is 4.42 Å². The van der Waals surface area contributed by atoms with Crippen molar-refractivity contribution in [1.29, 1.82) is 0 Å². The molecule has 1 aliphatic carbocycles. The number of nitrogens with one attached hydrogen (secondary N) is 1. The standard InChI is InChI=1S/C51H33NO/c1-51(2)42-23-20-31(26-41(42)49-43(51)24-22-39-40-25-29-11-3-4-12-30(29)27-44(40)52-50(39)49)47-35-14-5-7-16-37(35)48(38-17-8-6-15-36(38)47)32-19-21-34-33-13-9-10-18-45(33)53-46(34)28-32/h3-28,52H,1-2H3. The quantitative estimate of drug-likeness (QED) is 0.182. The minimum Gasteiger partial charge on any atom is -0.456 e. The monoisotopic (exact) mass is 675 g/mol. The first-order valence-electron chi connectivity index (χ1n) is 18.5. The molecule has 0 unspecified atom stereocenters. The van der Waals surface area contributed by atoms with Gasteiger partial charge in [-0.25, -0.2) is 0 Å². The number of hydrogen-bond donors (Lipinski definition) is 1. The highest BCUT2D eigenvalue weighted by atomic mass is 16.3. The van der Waals surface area contributed by atoms with E-state index < -0.39 is 0 Å². The third kappa shape index (κ3) is 3.87. The molecular weight excluding hydrogens is 643 g/mol. The average Bonchev–Trinajstić information content (AvgIpc) is 3.82. The second kappa shape index (κ2) is 10.2. The Balaban J connectivity index is 1.12. The van der Waals surface area contributed by atoms with Crippen molar-refractivity contribution in [2.75, 3.05) is 0 Å². The zero-order chi connectivity index (χ0) is 35.0. The molecule has 0 fully saturated rings. The molecule has 9 aromatic carbocycles. The number of rotatable bonds is 2. The van der Waals surface area contributed by atoms with Crippen molar-refractivity contribution in [3.8, 4) is 33.4 Å². The van der Waals surface area contributed by atoms with Crippen LogP contribution in [-0.4, -0.2) is 4.98 Å². The molecule has 0 saturated heterocycles. The van der Waals surface area contributed by atoms with E-state index in [1.165, 1.54) is 93.1 Å². The minimum atomic E-state index is -0.122. The Morgan fingerprint density at radius 2 is 0.962 bits per heavy atom. The van der Waals surface area contributed by atoms with Crippen molar-refractivity contribution in [2.45, 2.75) is 19.3 Å². The number of aromatic amines is 1. The van der Waals surface area contributed by atoms with Gasteiger partial charge in [0.2, 0.25) is 0 Å². The van der Waals surface area contributed by atoms with Gasteiger partial charge in [0.05, 0.1) is 5.52 Å². The molecule has 0 atom stereocenters. The summed E-state index contributed by atoms with van der Waals surface area (Å²) in [5.41, 5.74) is 14.4. The maximum atomic E-state index is 6.39. The summed E-state index contributed by atoms with van der Waals surface area (Å²) >= 11 is 0. The fraction of sp³-hybridized carbons (Fsp3) is 0.0588. The van der Waals surface area contributed by atoms with Crippen molar-refractivity contribution in [3.05, 3.63) is 169 Å². The topological polar surface area (TPSA) is 28.9 Å². The van der Waals surface area contributed by atoms with Crippen LogP contribution in [0.3, 0.4) is 0 Å². The Labute approximate surface area is 305 Å². The molecular formula is C51H33NO. The smallest absolute Gasteiger partial charge is 0.136 e. The van der Waals surface area contributed by atoms with Crippen molar-refractivity contribution in [2.24, 2.45) is 0 Å². The minimum absolute atomic E-state index is 0.122. The number of aromatic nitrogens is 1. The molecule has 53 heavy (non-hydrogen) atoms. The molecule has 1 N–H and O–H groups in total. The van der Waals surface area contributed by atoms with E-state index in [0.29, 0.717) is 0 Å². The van der Waals surface area contributed by atoms with Gasteiger partial charge in [0, 0.05) is 38.0 Å². The fourth-order valence-corrected chi connectivity index (χ4v) is 9.69. The van der Waals surface area contributed by atoms with Gasteiger partial charge in [-0.1, -0.05) is 135 Å². The number of fused-ring (bicyclic) bond motifs is 13. The molecule has 0 spiro atoms. The lowest BCUT2D eigenvalue weighted by Crippen LogP contribution is -2.14. The lowest BCUT2D eigenvalue weighted by molar-refractivity contribution is 0.661. The summed E-state index contributed by atoms with van der Waals surface area (Å²) in [4.78, 5) is 3.91. The highest BCUT2D eigenvalue weighted by Gasteiger charge is 2.37. The molecule has 11 aromatic rings. The van der Waals surface area contributed by atoms with E-state index in [2.05, 4.69) is 170 Å². The normalized spacial score (nSPS) is 13.6. The van der Waals surface area contributed by atoms with Crippen LogP contribution in [0.2, 0.25) is 0 Å². The number of hydrogen-bond acceptors (Lipinski definition) is 1. The van der Waals surface area contributed by atoms with Crippen LogP contribution in [0.25, 0.3) is 109 Å². The number of H-pyrrole nitrogens is 1. The summed E-state index contributed by atoms with van der Waals surface area (Å²) < 4.78 is 6.39. The predicted molar refractivity (Wildman–Crippen MR) is 224 cm³/mol. The van der Waals surface area contributed by atoms with Gasteiger partial charge in [-0.15, -0.1) is 0 Å². The second-order valence-electron chi connectivity index (χ2n) is 15.3. The molecule has 1 aliphatic rings. The van der Waals surface area contributed by atoms with Crippen LogP contribution in [0.4, 0.5) is 0 Å². The first-order chi connectivity index (χ1) is 26.0. The van der Waals surface area contributed by atoms with Crippen LogP contribution in [0.5, 0.6) is 0 Å². The van der Waals surface area contributed by atoms with Gasteiger partial charge in [0.1, 0.15) is 11.2 Å². The number of benzene rings is 9. The molecule has 2 nitrogen and oxygen atoms in total. The van der Waals surface area contributed by atoms with Crippen LogP contribution in [0.1, 0.15) is 25.0 Å². The van der Waals surface area contributed by atoms with Gasteiger partial charge < -0.3 is 9.40 Å². The Hall–Kier alpha value is -6.64. The average molecular weight is 676 g/mol. The zero-order valence-electron chi connectivity index (χ0n) is 29.4. The highest BCUT2D eigenvalue weighted by Crippen LogP contribution is 2.54. The van der Waals surface area contributed by atoms with E-state index in [1.807, 2.05) is 6.07 Å². The SMILES string of the molecule is CC1(C)c2ccc(-c3c4ccccc4c(-c4ccc5c(c4)oc4ccccc45)c4ccccc34)cc2-c2c1ccc1c2[nH]c2cc3ccccc3cc21. The second-order valence-corrected chi connectivity index (χ2v) is 15.3. The van der Waals surface area contributed by atoms with E-state index in [1.54, 1.807) is 0 Å². The van der Waals surface area contributed by atoms with Crippen LogP contribution < -0.4 is 0 Å². The lowest BCUT2D eigenvalue weighted by atomic mass is 9.81. The molecule has 0 aliphatic heterocycles. The molecule has 0 bridgehead atoms. The maximum absolute atomic E-state index is 6.39. The summed E-state index contributed by atoms with van der Waals surface area (Å²) in [5.74, 6) is 0. The Kier molecular flexibility index (Phi) is 5.60. The first kappa shape index (κ1) is 29.0. The third-order valence-corrected chi connectivity index (χ3v) is 12.2. The first-order valence-corrected chi connectivity index (χ1v) is 18.5. The van der Waals surface area contributed by atoms with Crippen LogP contribution >= 0.6 is 0 Å². The molecule has 0 amide bonds. The van der Waals surface area contributed by atoms with Gasteiger partial charge in [-0.05, 0) is 108 Å². The van der Waals surface area contributed by atoms with Gasteiger partial charge >= 0.3 is 0 Å². The third-order valence-electron chi connectivity index (χ3n) is 12.2. The van der Waals surface area contributed by atoms with Crippen LogP contribution in [0, 0.1) is 0 Å². The van der Waals surface area contributed by atoms with Gasteiger partial charge in [0.15, 0.2) is 0 Å². The van der Waals surface area contributed by atoms with Gasteiger partial charge in [-0.2, -0.15) is 0 Å². The molecule has 2 heteroatoms. The summed E-state index contributed by atoms with van der Waals surface area (Å²) in [6.45, 7) is 4.75. The van der Waals surface area contributed by atoms with Crippen molar-refractivity contribution in [1.82, 2.24) is 4.98 Å². The van der Waals surface area contributed by atoms with Gasteiger partial charge in [0.25, 0.3) is 0 Å². The maximum Gasteiger partial charge on any atom is 0.136 e. The number of furan rings is 1. The fourth-order valence-electron chi connectivity index (χ4n) is 9.69. The van der Waals surface area contributed by atoms with E-state index in [0.717, 1.165) is 27.5 Å². The predicted octanol–water partition coefficient (Wildman–Crippen LogP) is 14.3. The number of para-hydroxylation sites is 1. The van der Waals surface area contributed by atoms with Crippen molar-refractivity contribution < 1.29 is 4.42 Å².